The van der Waals surface area contributed by atoms with E-state index in [1.165, 1.54) is 0 Å². The van der Waals surface area contributed by atoms with Crippen LogP contribution in [0.4, 0.5) is 11.4 Å². The van der Waals surface area contributed by atoms with Crippen molar-refractivity contribution in [3.63, 3.8) is 0 Å². The number of ether oxygens (including phenoxy) is 1. The van der Waals surface area contributed by atoms with E-state index in [2.05, 4.69) is 5.32 Å². The van der Waals surface area contributed by atoms with Crippen LogP contribution in [-0.2, 0) is 4.79 Å². The number of benzene rings is 2. The number of nitrogens with one attached hydrogen (secondary N) is 1. The van der Waals surface area contributed by atoms with E-state index in [1.54, 1.807) is 24.3 Å². The first-order valence-corrected chi connectivity index (χ1v) is 7.05. The topological polar surface area (TPSA) is 84.7 Å². The average Bonchev–Trinajstić information content (AvgIpc) is 2.54. The van der Waals surface area contributed by atoms with Crippen molar-refractivity contribution in [2.75, 3.05) is 30.9 Å². The fourth-order valence-electron chi connectivity index (χ4n) is 1.90. The van der Waals surface area contributed by atoms with Gasteiger partial charge >= 0.3 is 0 Å². The van der Waals surface area contributed by atoms with Crippen LogP contribution in [0, 0.1) is 0 Å². The van der Waals surface area contributed by atoms with Crippen molar-refractivity contribution in [3.05, 3.63) is 54.1 Å². The molecule has 120 valence electrons. The molecule has 0 aliphatic rings. The first-order valence-electron chi connectivity index (χ1n) is 7.05. The van der Waals surface area contributed by atoms with Gasteiger partial charge < -0.3 is 20.7 Å². The number of rotatable bonds is 6. The molecular weight excluding hydrogens is 294 g/mol. The number of hydrogen-bond acceptors (Lipinski definition) is 4. The molecule has 23 heavy (non-hydrogen) atoms. The zero-order valence-corrected chi connectivity index (χ0v) is 13.1. The molecule has 6 heteroatoms. The number of primary amides is 1. The van der Waals surface area contributed by atoms with Gasteiger partial charge in [0.2, 0.25) is 5.91 Å². The second kappa shape index (κ2) is 7.31. The van der Waals surface area contributed by atoms with E-state index in [4.69, 9.17) is 10.5 Å². The minimum atomic E-state index is -0.504. The average molecular weight is 313 g/mol. The second-order valence-electron chi connectivity index (χ2n) is 5.17. The Labute approximate surface area is 134 Å². The highest BCUT2D eigenvalue weighted by molar-refractivity contribution is 5.93. The fraction of sp³-hybridized carbons (Fsp3) is 0.176. The van der Waals surface area contributed by atoms with Crippen molar-refractivity contribution in [2.24, 2.45) is 5.73 Å². The number of nitrogens with two attached hydrogens (primary N) is 1. The van der Waals surface area contributed by atoms with Crippen LogP contribution in [0.5, 0.6) is 5.75 Å². The van der Waals surface area contributed by atoms with Crippen LogP contribution < -0.4 is 20.7 Å². The summed E-state index contributed by atoms with van der Waals surface area (Å²) in [5.74, 6) is -0.273. The van der Waals surface area contributed by atoms with Crippen LogP contribution in [0.15, 0.2) is 48.5 Å². The first kappa shape index (κ1) is 16.4. The van der Waals surface area contributed by atoms with E-state index >= 15 is 0 Å². The molecule has 3 N–H and O–H groups in total. The Balaban J connectivity index is 1.86. The third-order valence-electron chi connectivity index (χ3n) is 3.18. The maximum absolute atomic E-state index is 11.9. The molecule has 2 amide bonds. The number of carbonyl (C=O) groups excluding carboxylic acids is 2. The van der Waals surface area contributed by atoms with Gasteiger partial charge in [-0.1, -0.05) is 0 Å². The third kappa shape index (κ3) is 4.74. The van der Waals surface area contributed by atoms with Gasteiger partial charge in [0, 0.05) is 31.0 Å². The Morgan fingerprint density at radius 2 is 1.65 bits per heavy atom. The summed E-state index contributed by atoms with van der Waals surface area (Å²) in [6.07, 6.45) is 0. The molecule has 0 heterocycles. The highest BCUT2D eigenvalue weighted by Gasteiger charge is 2.05. The van der Waals surface area contributed by atoms with E-state index in [1.807, 2.05) is 43.3 Å². The molecular formula is C17H19N3O3. The summed E-state index contributed by atoms with van der Waals surface area (Å²) in [4.78, 5) is 24.8. The van der Waals surface area contributed by atoms with Gasteiger partial charge in [-0.2, -0.15) is 0 Å². The van der Waals surface area contributed by atoms with Crippen molar-refractivity contribution < 1.29 is 14.3 Å². The molecule has 0 fully saturated rings. The van der Waals surface area contributed by atoms with E-state index in [0.29, 0.717) is 17.0 Å². The maximum atomic E-state index is 11.9. The number of carbonyl (C=O) groups is 2. The molecule has 0 aliphatic carbocycles. The van der Waals surface area contributed by atoms with Crippen LogP contribution in [0.2, 0.25) is 0 Å². The molecule has 0 bridgehead atoms. The molecule has 2 aromatic rings. The van der Waals surface area contributed by atoms with Gasteiger partial charge in [0.15, 0.2) is 6.61 Å². The molecule has 0 radical (unpaired) electrons. The van der Waals surface area contributed by atoms with E-state index in [0.717, 1.165) is 5.69 Å². The lowest BCUT2D eigenvalue weighted by Gasteiger charge is -2.13. The Bertz CT molecular complexity index is 679. The van der Waals surface area contributed by atoms with Crippen LogP contribution in [0.3, 0.4) is 0 Å². The van der Waals surface area contributed by atoms with Gasteiger partial charge in [-0.05, 0) is 48.5 Å². The molecule has 6 nitrogen and oxygen atoms in total. The Hall–Kier alpha value is -3.02. The highest BCUT2D eigenvalue weighted by atomic mass is 16.5. The monoisotopic (exact) mass is 313 g/mol. The normalized spacial score (nSPS) is 10.0. The Morgan fingerprint density at radius 1 is 1.04 bits per heavy atom. The third-order valence-corrected chi connectivity index (χ3v) is 3.18. The zero-order valence-electron chi connectivity index (χ0n) is 13.1. The molecule has 2 aromatic carbocycles. The molecule has 0 aliphatic heterocycles. The largest absolute Gasteiger partial charge is 0.484 e. The van der Waals surface area contributed by atoms with Crippen molar-refractivity contribution in [2.45, 2.75) is 0 Å². The summed E-state index contributed by atoms with van der Waals surface area (Å²) in [6.45, 7) is -0.120. The van der Waals surface area contributed by atoms with Gasteiger partial charge in [0.1, 0.15) is 5.75 Å². The lowest BCUT2D eigenvalue weighted by Crippen LogP contribution is -2.20. The molecule has 0 saturated heterocycles. The van der Waals surface area contributed by atoms with Gasteiger partial charge in [-0.25, -0.2) is 0 Å². The minimum Gasteiger partial charge on any atom is -0.484 e. The Kier molecular flexibility index (Phi) is 5.19. The number of anilines is 2. The Morgan fingerprint density at radius 3 is 2.17 bits per heavy atom. The highest BCUT2D eigenvalue weighted by Crippen LogP contribution is 2.16. The number of amides is 2. The maximum Gasteiger partial charge on any atom is 0.262 e. The van der Waals surface area contributed by atoms with Crippen LogP contribution in [-0.4, -0.2) is 32.5 Å². The molecule has 0 unspecified atom stereocenters. The zero-order chi connectivity index (χ0) is 16.8. The number of hydrogen-bond donors (Lipinski definition) is 2. The van der Waals surface area contributed by atoms with E-state index < -0.39 is 5.91 Å². The van der Waals surface area contributed by atoms with Gasteiger partial charge in [-0.3, -0.25) is 9.59 Å². The summed E-state index contributed by atoms with van der Waals surface area (Å²) in [6, 6.07) is 13.8. The summed E-state index contributed by atoms with van der Waals surface area (Å²) in [7, 11) is 3.90. The quantitative estimate of drug-likeness (QED) is 0.852. The van der Waals surface area contributed by atoms with Gasteiger partial charge in [0.25, 0.3) is 5.91 Å². The SMILES string of the molecule is CN(C)c1ccc(NC(=O)COc2ccc(C(N)=O)cc2)cc1. The lowest BCUT2D eigenvalue weighted by molar-refractivity contribution is -0.118. The number of nitrogens with zero attached hydrogens (tertiary/aromatic N) is 1. The van der Waals surface area contributed by atoms with Crippen molar-refractivity contribution in [1.29, 1.82) is 0 Å². The summed E-state index contributed by atoms with van der Waals surface area (Å²) < 4.78 is 5.36. The van der Waals surface area contributed by atoms with Crippen LogP contribution in [0.25, 0.3) is 0 Å². The van der Waals surface area contributed by atoms with Crippen molar-refractivity contribution in [3.8, 4) is 5.75 Å². The van der Waals surface area contributed by atoms with E-state index in [9.17, 15) is 9.59 Å². The van der Waals surface area contributed by atoms with Crippen LogP contribution in [0.1, 0.15) is 10.4 Å². The molecule has 0 aromatic heterocycles. The fourth-order valence-corrected chi connectivity index (χ4v) is 1.90. The van der Waals surface area contributed by atoms with Gasteiger partial charge in [0.05, 0.1) is 0 Å². The van der Waals surface area contributed by atoms with E-state index in [-0.39, 0.29) is 12.5 Å². The lowest BCUT2D eigenvalue weighted by atomic mass is 10.2. The predicted octanol–water partition coefficient (Wildman–Crippen LogP) is 1.87. The predicted molar refractivity (Wildman–Crippen MR) is 89.9 cm³/mol. The van der Waals surface area contributed by atoms with Crippen LogP contribution >= 0.6 is 0 Å². The van der Waals surface area contributed by atoms with Crippen molar-refractivity contribution >= 4 is 23.2 Å². The molecule has 0 saturated carbocycles. The van der Waals surface area contributed by atoms with Gasteiger partial charge in [-0.15, -0.1) is 0 Å². The molecule has 0 atom stereocenters. The summed E-state index contributed by atoms with van der Waals surface area (Å²) >= 11 is 0. The second-order valence-corrected chi connectivity index (χ2v) is 5.17. The van der Waals surface area contributed by atoms with Crippen molar-refractivity contribution in [1.82, 2.24) is 0 Å². The standard InChI is InChI=1S/C17H19N3O3/c1-20(2)14-7-5-13(6-8-14)19-16(21)11-23-15-9-3-12(4-10-15)17(18)22/h3-10H,11H2,1-2H3,(H2,18,22)(H,19,21). The molecule has 0 spiro atoms. The minimum absolute atomic E-state index is 0.120. The smallest absolute Gasteiger partial charge is 0.262 e. The first-order chi connectivity index (χ1) is 11.0. The summed E-state index contributed by atoms with van der Waals surface area (Å²) in [5, 5.41) is 2.75. The summed E-state index contributed by atoms with van der Waals surface area (Å²) in [5.41, 5.74) is 7.30. The molecule has 2 rings (SSSR count).